The van der Waals surface area contributed by atoms with E-state index in [9.17, 15) is 4.79 Å². The number of amides is 1. The number of hydrogen-bond donors (Lipinski definition) is 1. The Morgan fingerprint density at radius 3 is 2.58 bits per heavy atom. The summed E-state index contributed by atoms with van der Waals surface area (Å²) in [6.45, 7) is 14.8. The number of piperazine rings is 1. The minimum absolute atomic E-state index is 0.0469. The summed E-state index contributed by atoms with van der Waals surface area (Å²) in [6.07, 6.45) is 5.34. The van der Waals surface area contributed by atoms with Gasteiger partial charge in [0.25, 0.3) is 0 Å². The molecular weight excluding hydrogens is 482 g/mol. The van der Waals surface area contributed by atoms with E-state index < -0.39 is 0 Å². The van der Waals surface area contributed by atoms with Crippen molar-refractivity contribution >= 4 is 28.9 Å². The van der Waals surface area contributed by atoms with Crippen molar-refractivity contribution < 1.29 is 14.3 Å². The summed E-state index contributed by atoms with van der Waals surface area (Å²) in [4.78, 5) is 30.7. The summed E-state index contributed by atoms with van der Waals surface area (Å²) in [5.41, 5.74) is 4.02. The normalized spacial score (nSPS) is 20.6. The number of nitrogens with one attached hydrogen (secondary N) is 1. The zero-order valence-electron chi connectivity index (χ0n) is 22.2. The maximum absolute atomic E-state index is 11.9. The zero-order chi connectivity index (χ0) is 26.1. The van der Waals surface area contributed by atoms with Gasteiger partial charge < -0.3 is 29.5 Å². The molecule has 2 aromatic heterocycles. The van der Waals surface area contributed by atoms with Gasteiger partial charge in [-0.3, -0.25) is 9.69 Å². The molecule has 0 saturated carbocycles. The van der Waals surface area contributed by atoms with E-state index in [0.29, 0.717) is 12.6 Å². The van der Waals surface area contributed by atoms with Crippen LogP contribution in [0.1, 0.15) is 24.1 Å². The highest BCUT2D eigenvalue weighted by Gasteiger charge is 2.30. The average molecular weight is 520 g/mol. The van der Waals surface area contributed by atoms with E-state index in [2.05, 4.69) is 43.7 Å². The number of likely N-dealkylation sites (tertiary alicyclic amines) is 1. The Kier molecular flexibility index (Phi) is 7.08. The van der Waals surface area contributed by atoms with Crippen molar-refractivity contribution in [3.63, 3.8) is 0 Å². The van der Waals surface area contributed by atoms with Crippen molar-refractivity contribution in [1.29, 1.82) is 0 Å². The lowest BCUT2D eigenvalue weighted by Gasteiger charge is -2.43. The minimum Gasteiger partial charge on any atom is -0.485 e. The van der Waals surface area contributed by atoms with Gasteiger partial charge in [-0.25, -0.2) is 9.97 Å². The van der Waals surface area contributed by atoms with Gasteiger partial charge in [0.1, 0.15) is 18.2 Å². The van der Waals surface area contributed by atoms with E-state index >= 15 is 0 Å². The molecule has 4 aliphatic heterocycles. The van der Waals surface area contributed by atoms with Gasteiger partial charge in [0.2, 0.25) is 5.91 Å². The number of morpholine rings is 1. The quantitative estimate of drug-likeness (QED) is 0.613. The fourth-order valence-corrected chi connectivity index (χ4v) is 6.08. The van der Waals surface area contributed by atoms with E-state index in [-0.39, 0.29) is 5.91 Å². The number of aromatic nitrogens is 2. The Morgan fingerprint density at radius 1 is 1.08 bits per heavy atom. The van der Waals surface area contributed by atoms with Gasteiger partial charge >= 0.3 is 0 Å². The van der Waals surface area contributed by atoms with Gasteiger partial charge in [-0.1, -0.05) is 6.58 Å². The van der Waals surface area contributed by atoms with Gasteiger partial charge in [-0.15, -0.1) is 0 Å². The Bertz CT molecular complexity index is 1180. The van der Waals surface area contributed by atoms with Crippen molar-refractivity contribution in [2.75, 3.05) is 80.7 Å². The smallest absolute Gasteiger partial charge is 0.245 e. The van der Waals surface area contributed by atoms with Crippen LogP contribution in [0.25, 0.3) is 0 Å². The van der Waals surface area contributed by atoms with Gasteiger partial charge in [0.05, 0.1) is 30.2 Å². The van der Waals surface area contributed by atoms with Crippen LogP contribution in [0.2, 0.25) is 0 Å². The first kappa shape index (κ1) is 24.9. The second kappa shape index (κ2) is 10.8. The monoisotopic (exact) mass is 519 g/mol. The van der Waals surface area contributed by atoms with Crippen LogP contribution in [0.4, 0.5) is 23.0 Å². The molecule has 6 heterocycles. The number of anilines is 4. The number of aryl methyl sites for hydroxylation is 1. The number of ether oxygens (including phenoxy) is 2. The summed E-state index contributed by atoms with van der Waals surface area (Å²) in [5.74, 6) is 2.65. The third-order valence-electron chi connectivity index (χ3n) is 8.23. The van der Waals surface area contributed by atoms with Crippen molar-refractivity contribution in [1.82, 2.24) is 19.8 Å². The average Bonchev–Trinajstić information content (AvgIpc) is 3.17. The van der Waals surface area contributed by atoms with Gasteiger partial charge in [-0.2, -0.15) is 0 Å². The Hall–Kier alpha value is -3.37. The van der Waals surface area contributed by atoms with Crippen LogP contribution in [-0.4, -0.2) is 97.3 Å². The number of rotatable bonds is 4. The molecule has 3 saturated heterocycles. The molecule has 10 nitrogen and oxygen atoms in total. The van der Waals surface area contributed by atoms with E-state index in [1.807, 2.05) is 18.0 Å². The SMILES string of the molecule is C=CC(=O)N1CCC(N2CCN(c3cc4c(c(C)n3)OCc3c(N5CCOCC5)ccnc3N4)CC2)CC1. The number of nitrogens with zero attached hydrogens (tertiary/aromatic N) is 6. The first-order valence-electron chi connectivity index (χ1n) is 13.7. The van der Waals surface area contributed by atoms with Crippen LogP contribution in [0, 0.1) is 6.92 Å². The number of hydrogen-bond acceptors (Lipinski definition) is 9. The van der Waals surface area contributed by atoms with E-state index in [1.54, 1.807) is 0 Å². The molecule has 10 heteroatoms. The van der Waals surface area contributed by atoms with E-state index in [4.69, 9.17) is 14.5 Å². The predicted molar refractivity (Wildman–Crippen MR) is 147 cm³/mol. The minimum atomic E-state index is 0.0469. The molecule has 0 aromatic carbocycles. The topological polar surface area (TPSA) is 86.3 Å². The molecule has 0 atom stereocenters. The number of carbonyl (C=O) groups is 1. The fourth-order valence-electron chi connectivity index (χ4n) is 6.08. The van der Waals surface area contributed by atoms with E-state index in [1.165, 1.54) is 6.08 Å². The molecule has 4 aliphatic rings. The molecule has 1 amide bonds. The molecular formula is C28H37N7O3. The van der Waals surface area contributed by atoms with Crippen molar-refractivity contribution in [3.05, 3.63) is 42.2 Å². The largest absolute Gasteiger partial charge is 0.485 e. The van der Waals surface area contributed by atoms with Crippen LogP contribution in [0.15, 0.2) is 31.0 Å². The number of piperidine rings is 1. The maximum atomic E-state index is 11.9. The molecule has 0 spiro atoms. The van der Waals surface area contributed by atoms with Crippen LogP contribution in [-0.2, 0) is 16.1 Å². The Morgan fingerprint density at radius 2 is 1.84 bits per heavy atom. The number of fused-ring (bicyclic) bond motifs is 2. The van der Waals surface area contributed by atoms with Crippen LogP contribution in [0.5, 0.6) is 5.75 Å². The van der Waals surface area contributed by atoms with E-state index in [0.717, 1.165) is 118 Å². The standard InChI is InChI=1S/C28H37N7O3/c1-3-26(36)35-8-5-21(6-9-35)32-10-12-34(13-11-32)25-18-23-27(20(2)30-25)38-19-22-24(4-7-29-28(22)31-23)33-14-16-37-17-15-33/h3-4,7,18,21H,1,5-6,8-17,19H2,2H3,(H,29,31). The van der Waals surface area contributed by atoms with Crippen molar-refractivity contribution in [3.8, 4) is 5.75 Å². The first-order valence-corrected chi connectivity index (χ1v) is 13.7. The highest BCUT2D eigenvalue weighted by molar-refractivity contribution is 5.87. The highest BCUT2D eigenvalue weighted by atomic mass is 16.5. The lowest BCUT2D eigenvalue weighted by molar-refractivity contribution is -0.127. The van der Waals surface area contributed by atoms with Crippen LogP contribution in [0.3, 0.4) is 0 Å². The fraction of sp³-hybridized carbons (Fsp3) is 0.536. The maximum Gasteiger partial charge on any atom is 0.245 e. The third-order valence-corrected chi connectivity index (χ3v) is 8.23. The van der Waals surface area contributed by atoms with Gasteiger partial charge in [0, 0.05) is 76.4 Å². The molecule has 6 rings (SSSR count). The first-order chi connectivity index (χ1) is 18.6. The Labute approximate surface area is 224 Å². The predicted octanol–water partition coefficient (Wildman–Crippen LogP) is 2.56. The second-order valence-corrected chi connectivity index (χ2v) is 10.4. The lowest BCUT2D eigenvalue weighted by Crippen LogP contribution is -2.53. The van der Waals surface area contributed by atoms with Crippen LogP contribution < -0.4 is 19.9 Å². The van der Waals surface area contributed by atoms with Gasteiger partial charge in [0.15, 0.2) is 5.75 Å². The molecule has 0 aliphatic carbocycles. The highest BCUT2D eigenvalue weighted by Crippen LogP contribution is 2.40. The molecule has 0 bridgehead atoms. The van der Waals surface area contributed by atoms with Crippen LogP contribution >= 0.6 is 0 Å². The lowest BCUT2D eigenvalue weighted by atomic mass is 10.0. The zero-order valence-corrected chi connectivity index (χ0v) is 22.2. The number of pyridine rings is 2. The summed E-state index contributed by atoms with van der Waals surface area (Å²) in [6, 6.07) is 4.71. The summed E-state index contributed by atoms with van der Waals surface area (Å²) < 4.78 is 11.9. The Balaban J connectivity index is 1.14. The molecule has 3 fully saturated rings. The number of carbonyl (C=O) groups excluding carboxylic acids is 1. The summed E-state index contributed by atoms with van der Waals surface area (Å²) in [7, 11) is 0. The molecule has 0 radical (unpaired) electrons. The van der Waals surface area contributed by atoms with Crippen molar-refractivity contribution in [2.45, 2.75) is 32.4 Å². The van der Waals surface area contributed by atoms with Crippen molar-refractivity contribution in [2.24, 2.45) is 0 Å². The second-order valence-electron chi connectivity index (χ2n) is 10.4. The molecule has 0 unspecified atom stereocenters. The summed E-state index contributed by atoms with van der Waals surface area (Å²) in [5, 5.41) is 3.57. The summed E-state index contributed by atoms with van der Waals surface area (Å²) >= 11 is 0. The third kappa shape index (κ3) is 4.90. The molecule has 38 heavy (non-hydrogen) atoms. The molecule has 1 N–H and O–H groups in total. The van der Waals surface area contributed by atoms with Gasteiger partial charge in [-0.05, 0) is 31.9 Å². The molecule has 202 valence electrons. The molecule has 2 aromatic rings.